The molecular formula is C15H15N3O. The van der Waals surface area contributed by atoms with Crippen molar-refractivity contribution in [3.05, 3.63) is 42.2 Å². The quantitative estimate of drug-likeness (QED) is 0.779. The minimum Gasteiger partial charge on any atom is -0.493 e. The number of ether oxygens (including phenoxy) is 1. The van der Waals surface area contributed by atoms with E-state index >= 15 is 0 Å². The molecule has 0 amide bonds. The van der Waals surface area contributed by atoms with Gasteiger partial charge in [-0.05, 0) is 37.6 Å². The van der Waals surface area contributed by atoms with E-state index in [0.717, 1.165) is 28.2 Å². The second kappa shape index (κ2) is 4.72. The van der Waals surface area contributed by atoms with Gasteiger partial charge < -0.3 is 9.72 Å². The van der Waals surface area contributed by atoms with Gasteiger partial charge in [0.15, 0.2) is 5.65 Å². The lowest BCUT2D eigenvalue weighted by Gasteiger charge is -2.09. The Balaban J connectivity index is 2.14. The Morgan fingerprint density at radius 2 is 2.00 bits per heavy atom. The van der Waals surface area contributed by atoms with Crippen molar-refractivity contribution in [2.24, 2.45) is 0 Å². The van der Waals surface area contributed by atoms with Crippen LogP contribution in [0.1, 0.15) is 12.5 Å². The molecule has 0 aliphatic rings. The predicted molar refractivity (Wildman–Crippen MR) is 75.2 cm³/mol. The van der Waals surface area contributed by atoms with Crippen LogP contribution < -0.4 is 4.74 Å². The number of benzene rings is 1. The fraction of sp³-hybridized carbons (Fsp3) is 0.200. The average Bonchev–Trinajstić information content (AvgIpc) is 2.82. The number of nitrogens with one attached hydrogen (secondary N) is 1. The molecule has 2 aromatic heterocycles. The van der Waals surface area contributed by atoms with E-state index in [9.17, 15) is 0 Å². The standard InChI is InChI=1S/C15H15N3O/c1-3-19-14-8-10(2)4-5-11(14)12-9-13-15(18-12)17-7-6-16-13/h4-9H,3H2,1-2H3,(H,17,18). The van der Waals surface area contributed by atoms with Crippen molar-refractivity contribution in [3.8, 4) is 17.0 Å². The van der Waals surface area contributed by atoms with Crippen LogP contribution in [0.2, 0.25) is 0 Å². The Morgan fingerprint density at radius 1 is 1.16 bits per heavy atom. The highest BCUT2D eigenvalue weighted by Crippen LogP contribution is 2.31. The second-order valence-corrected chi connectivity index (χ2v) is 4.41. The number of aromatic nitrogens is 3. The highest BCUT2D eigenvalue weighted by atomic mass is 16.5. The molecule has 4 heteroatoms. The molecule has 0 aliphatic heterocycles. The Morgan fingerprint density at radius 3 is 2.79 bits per heavy atom. The lowest BCUT2D eigenvalue weighted by molar-refractivity contribution is 0.341. The zero-order valence-corrected chi connectivity index (χ0v) is 11.0. The Kier molecular flexibility index (Phi) is 2.91. The fourth-order valence-corrected chi connectivity index (χ4v) is 2.12. The summed E-state index contributed by atoms with van der Waals surface area (Å²) < 4.78 is 5.71. The molecule has 0 saturated heterocycles. The smallest absolute Gasteiger partial charge is 0.156 e. The van der Waals surface area contributed by atoms with E-state index in [0.29, 0.717) is 6.61 Å². The van der Waals surface area contributed by atoms with Crippen LogP contribution in [0, 0.1) is 6.92 Å². The van der Waals surface area contributed by atoms with E-state index in [1.165, 1.54) is 5.56 Å². The van der Waals surface area contributed by atoms with Crippen LogP contribution in [0.15, 0.2) is 36.7 Å². The molecule has 0 spiro atoms. The molecule has 0 aliphatic carbocycles. The summed E-state index contributed by atoms with van der Waals surface area (Å²) in [5.41, 5.74) is 4.84. The highest BCUT2D eigenvalue weighted by molar-refractivity contribution is 5.81. The summed E-state index contributed by atoms with van der Waals surface area (Å²) in [6.07, 6.45) is 3.37. The largest absolute Gasteiger partial charge is 0.493 e. The van der Waals surface area contributed by atoms with Crippen LogP contribution in [-0.2, 0) is 0 Å². The zero-order valence-electron chi connectivity index (χ0n) is 11.0. The lowest BCUT2D eigenvalue weighted by Crippen LogP contribution is -1.94. The van der Waals surface area contributed by atoms with Gasteiger partial charge in [0.2, 0.25) is 0 Å². The summed E-state index contributed by atoms with van der Waals surface area (Å²) in [6, 6.07) is 8.18. The number of hydrogen-bond acceptors (Lipinski definition) is 3. The SMILES string of the molecule is CCOc1cc(C)ccc1-c1cc2nccnc2[nH]1. The topological polar surface area (TPSA) is 50.8 Å². The summed E-state index contributed by atoms with van der Waals surface area (Å²) >= 11 is 0. The maximum atomic E-state index is 5.71. The zero-order chi connectivity index (χ0) is 13.2. The molecule has 19 heavy (non-hydrogen) atoms. The lowest BCUT2D eigenvalue weighted by atomic mass is 10.1. The fourth-order valence-electron chi connectivity index (χ4n) is 2.12. The van der Waals surface area contributed by atoms with Gasteiger partial charge in [0.1, 0.15) is 11.3 Å². The summed E-state index contributed by atoms with van der Waals surface area (Å²) in [5, 5.41) is 0. The first-order chi connectivity index (χ1) is 9.28. The van der Waals surface area contributed by atoms with E-state index < -0.39 is 0 Å². The van der Waals surface area contributed by atoms with Crippen molar-refractivity contribution in [2.75, 3.05) is 6.61 Å². The summed E-state index contributed by atoms with van der Waals surface area (Å²) in [6.45, 7) is 4.69. The van der Waals surface area contributed by atoms with Crippen molar-refractivity contribution >= 4 is 11.2 Å². The predicted octanol–water partition coefficient (Wildman–Crippen LogP) is 3.33. The molecule has 3 aromatic rings. The Hall–Kier alpha value is -2.36. The van der Waals surface area contributed by atoms with Crippen LogP contribution >= 0.6 is 0 Å². The van der Waals surface area contributed by atoms with E-state index in [1.807, 2.05) is 19.1 Å². The molecule has 0 bridgehead atoms. The first-order valence-electron chi connectivity index (χ1n) is 6.31. The van der Waals surface area contributed by atoms with Crippen LogP contribution in [0.4, 0.5) is 0 Å². The van der Waals surface area contributed by atoms with Crippen LogP contribution in [0.3, 0.4) is 0 Å². The third kappa shape index (κ3) is 2.17. The molecule has 0 saturated carbocycles. The van der Waals surface area contributed by atoms with Gasteiger partial charge in [-0.25, -0.2) is 4.98 Å². The van der Waals surface area contributed by atoms with Gasteiger partial charge in [-0.1, -0.05) is 6.07 Å². The first-order valence-corrected chi connectivity index (χ1v) is 6.31. The van der Waals surface area contributed by atoms with Crippen molar-refractivity contribution in [1.82, 2.24) is 15.0 Å². The Bertz CT molecular complexity index is 685. The molecule has 0 radical (unpaired) electrons. The molecule has 2 heterocycles. The number of rotatable bonds is 3. The van der Waals surface area contributed by atoms with E-state index in [4.69, 9.17) is 4.74 Å². The van der Waals surface area contributed by atoms with Crippen LogP contribution in [0.25, 0.3) is 22.4 Å². The number of nitrogens with zero attached hydrogens (tertiary/aromatic N) is 2. The maximum absolute atomic E-state index is 5.71. The van der Waals surface area contributed by atoms with E-state index in [2.05, 4.69) is 34.0 Å². The number of H-pyrrole nitrogens is 1. The van der Waals surface area contributed by atoms with Crippen molar-refractivity contribution in [2.45, 2.75) is 13.8 Å². The number of fused-ring (bicyclic) bond motifs is 1. The molecule has 1 aromatic carbocycles. The minimum absolute atomic E-state index is 0.646. The van der Waals surface area contributed by atoms with E-state index in [-0.39, 0.29) is 0 Å². The minimum atomic E-state index is 0.646. The molecular weight excluding hydrogens is 238 g/mol. The molecule has 96 valence electrons. The van der Waals surface area contributed by atoms with Gasteiger partial charge in [0.25, 0.3) is 0 Å². The molecule has 1 N–H and O–H groups in total. The second-order valence-electron chi connectivity index (χ2n) is 4.41. The monoisotopic (exact) mass is 253 g/mol. The average molecular weight is 253 g/mol. The Labute approximate surface area is 111 Å². The summed E-state index contributed by atoms with van der Waals surface area (Å²) in [5.74, 6) is 0.883. The number of aromatic amines is 1. The summed E-state index contributed by atoms with van der Waals surface area (Å²) in [4.78, 5) is 11.8. The number of hydrogen-bond donors (Lipinski definition) is 1. The molecule has 3 rings (SSSR count). The van der Waals surface area contributed by atoms with Crippen molar-refractivity contribution in [3.63, 3.8) is 0 Å². The van der Waals surface area contributed by atoms with Gasteiger partial charge >= 0.3 is 0 Å². The summed E-state index contributed by atoms with van der Waals surface area (Å²) in [7, 11) is 0. The van der Waals surface area contributed by atoms with Gasteiger partial charge in [0, 0.05) is 18.0 Å². The molecule has 0 atom stereocenters. The number of aryl methyl sites for hydroxylation is 1. The highest BCUT2D eigenvalue weighted by Gasteiger charge is 2.10. The molecule has 0 fully saturated rings. The molecule has 0 unspecified atom stereocenters. The van der Waals surface area contributed by atoms with Crippen LogP contribution in [-0.4, -0.2) is 21.6 Å². The van der Waals surface area contributed by atoms with Crippen LogP contribution in [0.5, 0.6) is 5.75 Å². The van der Waals surface area contributed by atoms with Gasteiger partial charge in [-0.3, -0.25) is 4.98 Å². The van der Waals surface area contributed by atoms with Gasteiger partial charge in [0.05, 0.1) is 12.3 Å². The van der Waals surface area contributed by atoms with Crippen molar-refractivity contribution in [1.29, 1.82) is 0 Å². The van der Waals surface area contributed by atoms with E-state index in [1.54, 1.807) is 12.4 Å². The first kappa shape index (κ1) is 11.7. The third-order valence-electron chi connectivity index (χ3n) is 2.99. The van der Waals surface area contributed by atoms with Gasteiger partial charge in [-0.2, -0.15) is 0 Å². The maximum Gasteiger partial charge on any atom is 0.156 e. The third-order valence-corrected chi connectivity index (χ3v) is 2.99. The molecule has 4 nitrogen and oxygen atoms in total. The van der Waals surface area contributed by atoms with Crippen molar-refractivity contribution < 1.29 is 4.74 Å². The normalized spacial score (nSPS) is 10.8. The van der Waals surface area contributed by atoms with Gasteiger partial charge in [-0.15, -0.1) is 0 Å².